The second kappa shape index (κ2) is 9.62. The van der Waals surface area contributed by atoms with Crippen LogP contribution in [0.3, 0.4) is 0 Å². The third kappa shape index (κ3) is 5.63. The highest BCUT2D eigenvalue weighted by Crippen LogP contribution is 2.27. The van der Waals surface area contributed by atoms with E-state index in [2.05, 4.69) is 5.32 Å². The zero-order chi connectivity index (χ0) is 18.9. The molecule has 1 amide bonds. The molecular weight excluding hydrogens is 354 g/mol. The van der Waals surface area contributed by atoms with Gasteiger partial charge in [-0.2, -0.15) is 0 Å². The van der Waals surface area contributed by atoms with Crippen LogP contribution in [0.2, 0.25) is 0 Å². The summed E-state index contributed by atoms with van der Waals surface area (Å²) in [5.41, 5.74) is 0.840. The quantitative estimate of drug-likeness (QED) is 0.567. The van der Waals surface area contributed by atoms with Crippen molar-refractivity contribution in [2.45, 2.75) is 19.6 Å². The van der Waals surface area contributed by atoms with Crippen molar-refractivity contribution in [3.63, 3.8) is 0 Å². The van der Waals surface area contributed by atoms with Crippen molar-refractivity contribution in [3.05, 3.63) is 52.2 Å². The molecule has 138 valence electrons. The number of carbonyl (C=O) groups excluding carboxylic acids is 2. The van der Waals surface area contributed by atoms with Gasteiger partial charge in [0.2, 0.25) is 0 Å². The summed E-state index contributed by atoms with van der Waals surface area (Å²) in [5.74, 6) is 0.254. The second-order valence-corrected chi connectivity index (χ2v) is 6.31. The third-order valence-electron chi connectivity index (χ3n) is 3.50. The Morgan fingerprint density at radius 3 is 2.62 bits per heavy atom. The predicted octanol–water partition coefficient (Wildman–Crippen LogP) is 3.03. The van der Waals surface area contributed by atoms with Gasteiger partial charge >= 0.3 is 5.97 Å². The van der Waals surface area contributed by atoms with Gasteiger partial charge in [0.25, 0.3) is 5.91 Å². The Labute approximate surface area is 156 Å². The minimum atomic E-state index is -0.893. The second-order valence-electron chi connectivity index (χ2n) is 5.34. The van der Waals surface area contributed by atoms with Crippen LogP contribution >= 0.6 is 11.3 Å². The molecule has 6 nitrogen and oxygen atoms in total. The molecule has 26 heavy (non-hydrogen) atoms. The van der Waals surface area contributed by atoms with Crippen LogP contribution in [0.1, 0.15) is 17.4 Å². The summed E-state index contributed by atoms with van der Waals surface area (Å²) in [6.45, 7) is 1.81. The number of hydrogen-bond donors (Lipinski definition) is 1. The summed E-state index contributed by atoms with van der Waals surface area (Å²) in [5, 5.41) is 4.64. The highest BCUT2D eigenvalue weighted by Gasteiger charge is 2.16. The van der Waals surface area contributed by atoms with Gasteiger partial charge in [0.1, 0.15) is 0 Å². The number of esters is 1. The molecule has 2 rings (SSSR count). The number of carbonyl (C=O) groups is 2. The first-order valence-corrected chi connectivity index (χ1v) is 8.82. The highest BCUT2D eigenvalue weighted by molar-refractivity contribution is 7.10. The van der Waals surface area contributed by atoms with E-state index >= 15 is 0 Å². The van der Waals surface area contributed by atoms with Crippen LogP contribution in [0.5, 0.6) is 11.5 Å². The maximum Gasteiger partial charge on any atom is 0.331 e. The molecule has 0 saturated carbocycles. The van der Waals surface area contributed by atoms with Gasteiger partial charge < -0.3 is 19.5 Å². The maximum atomic E-state index is 12.1. The molecule has 1 aromatic heterocycles. The normalized spacial score (nSPS) is 11.8. The van der Waals surface area contributed by atoms with Crippen LogP contribution in [0.25, 0.3) is 6.08 Å². The molecule has 0 unspecified atom stereocenters. The van der Waals surface area contributed by atoms with E-state index in [1.54, 1.807) is 32.4 Å². The molecule has 0 aliphatic carbocycles. The summed E-state index contributed by atoms with van der Waals surface area (Å²) in [6, 6.07) is 9.13. The van der Waals surface area contributed by atoms with E-state index in [0.29, 0.717) is 11.5 Å². The van der Waals surface area contributed by atoms with Crippen molar-refractivity contribution in [2.75, 3.05) is 14.2 Å². The molecular formula is C19H21NO5S. The summed E-state index contributed by atoms with van der Waals surface area (Å²) in [6.07, 6.45) is 2.07. The lowest BCUT2D eigenvalue weighted by Gasteiger charge is -2.13. The molecule has 0 fully saturated rings. The van der Waals surface area contributed by atoms with E-state index in [1.807, 2.05) is 23.6 Å². The number of nitrogens with one attached hydrogen (secondary N) is 1. The molecule has 0 aliphatic heterocycles. The third-order valence-corrected chi connectivity index (χ3v) is 4.34. The molecule has 0 aliphatic rings. The van der Waals surface area contributed by atoms with Crippen LogP contribution < -0.4 is 14.8 Å². The maximum absolute atomic E-state index is 12.1. The first-order valence-electron chi connectivity index (χ1n) is 7.94. The SMILES string of the molecule is COc1ccc(CNC(=O)[C@@H](C)OC(=O)/C=C/c2cccs2)cc1OC. The Morgan fingerprint density at radius 2 is 1.96 bits per heavy atom. The largest absolute Gasteiger partial charge is 0.493 e. The lowest BCUT2D eigenvalue weighted by Crippen LogP contribution is -2.35. The van der Waals surface area contributed by atoms with Gasteiger partial charge in [-0.1, -0.05) is 12.1 Å². The lowest BCUT2D eigenvalue weighted by molar-refractivity contribution is -0.150. The van der Waals surface area contributed by atoms with Gasteiger partial charge in [0.15, 0.2) is 17.6 Å². The highest BCUT2D eigenvalue weighted by atomic mass is 32.1. The van der Waals surface area contributed by atoms with Crippen molar-refractivity contribution >= 4 is 29.3 Å². The average molecular weight is 375 g/mol. The summed E-state index contributed by atoms with van der Waals surface area (Å²) < 4.78 is 15.5. The van der Waals surface area contributed by atoms with Crippen molar-refractivity contribution in [2.24, 2.45) is 0 Å². The molecule has 1 atom stereocenters. The molecule has 0 saturated heterocycles. The van der Waals surface area contributed by atoms with Crippen molar-refractivity contribution in [1.29, 1.82) is 0 Å². The van der Waals surface area contributed by atoms with Crippen LogP contribution in [-0.2, 0) is 20.9 Å². The molecule has 1 aromatic carbocycles. The number of hydrogen-bond acceptors (Lipinski definition) is 6. The summed E-state index contributed by atoms with van der Waals surface area (Å²) in [4.78, 5) is 24.8. The molecule has 0 spiro atoms. The van der Waals surface area contributed by atoms with Gasteiger partial charge in [-0.3, -0.25) is 4.79 Å². The Kier molecular flexibility index (Phi) is 7.23. The standard InChI is InChI=1S/C19H21NO5S/c1-13(25-18(21)9-7-15-5-4-10-26-15)19(22)20-12-14-6-8-16(23-2)17(11-14)24-3/h4-11,13H,12H2,1-3H3,(H,20,22)/b9-7+/t13-/m1/s1. The van der Waals surface area contributed by atoms with Gasteiger partial charge in [-0.05, 0) is 42.1 Å². The average Bonchev–Trinajstić information content (AvgIpc) is 3.17. The van der Waals surface area contributed by atoms with Gasteiger partial charge in [-0.25, -0.2) is 4.79 Å². The Bertz CT molecular complexity index is 770. The Morgan fingerprint density at radius 1 is 1.19 bits per heavy atom. The molecule has 1 N–H and O–H groups in total. The first kappa shape index (κ1) is 19.5. The molecule has 2 aromatic rings. The van der Waals surface area contributed by atoms with Gasteiger partial charge in [0, 0.05) is 17.5 Å². The minimum Gasteiger partial charge on any atom is -0.493 e. The molecule has 0 radical (unpaired) electrons. The number of ether oxygens (including phenoxy) is 3. The van der Waals surface area contributed by atoms with E-state index in [0.717, 1.165) is 10.4 Å². The van der Waals surface area contributed by atoms with Crippen molar-refractivity contribution in [1.82, 2.24) is 5.32 Å². The molecule has 0 bridgehead atoms. The fourth-order valence-corrected chi connectivity index (χ4v) is 2.74. The summed E-state index contributed by atoms with van der Waals surface area (Å²) in [7, 11) is 3.10. The fourth-order valence-electron chi connectivity index (χ4n) is 2.13. The zero-order valence-corrected chi connectivity index (χ0v) is 15.7. The lowest BCUT2D eigenvalue weighted by atomic mass is 10.2. The number of benzene rings is 1. The van der Waals surface area contributed by atoms with Crippen LogP contribution in [-0.4, -0.2) is 32.2 Å². The number of rotatable bonds is 8. The van der Waals surface area contributed by atoms with Crippen molar-refractivity contribution < 1.29 is 23.8 Å². The smallest absolute Gasteiger partial charge is 0.331 e. The van der Waals surface area contributed by atoms with Crippen LogP contribution in [0, 0.1) is 0 Å². The number of methoxy groups -OCH3 is 2. The number of thiophene rings is 1. The van der Waals surface area contributed by atoms with E-state index in [4.69, 9.17) is 14.2 Å². The molecule has 7 heteroatoms. The minimum absolute atomic E-state index is 0.284. The van der Waals surface area contributed by atoms with E-state index in [-0.39, 0.29) is 12.5 Å². The zero-order valence-electron chi connectivity index (χ0n) is 14.9. The summed E-state index contributed by atoms with van der Waals surface area (Å²) >= 11 is 1.51. The molecule has 1 heterocycles. The number of amides is 1. The van der Waals surface area contributed by atoms with Crippen LogP contribution in [0.15, 0.2) is 41.8 Å². The van der Waals surface area contributed by atoms with Crippen LogP contribution in [0.4, 0.5) is 0 Å². The first-order chi connectivity index (χ1) is 12.5. The Hall–Kier alpha value is -2.80. The topological polar surface area (TPSA) is 73.9 Å². The predicted molar refractivity (Wildman–Crippen MR) is 100 cm³/mol. The fraction of sp³-hybridized carbons (Fsp3) is 0.263. The van der Waals surface area contributed by atoms with Gasteiger partial charge in [-0.15, -0.1) is 11.3 Å². The monoisotopic (exact) mass is 375 g/mol. The van der Waals surface area contributed by atoms with E-state index in [9.17, 15) is 9.59 Å². The van der Waals surface area contributed by atoms with Gasteiger partial charge in [0.05, 0.1) is 14.2 Å². The Balaban J connectivity index is 1.84. The van der Waals surface area contributed by atoms with E-state index in [1.165, 1.54) is 24.3 Å². The van der Waals surface area contributed by atoms with E-state index < -0.39 is 12.1 Å². The van der Waals surface area contributed by atoms with Crippen molar-refractivity contribution in [3.8, 4) is 11.5 Å².